The van der Waals surface area contributed by atoms with E-state index in [1.807, 2.05) is 0 Å². The van der Waals surface area contributed by atoms with Crippen molar-refractivity contribution in [2.45, 2.75) is 61.5 Å². The molecule has 1 saturated heterocycles. The first kappa shape index (κ1) is 24.6. The van der Waals surface area contributed by atoms with Gasteiger partial charge in [0, 0.05) is 17.7 Å². The van der Waals surface area contributed by atoms with Gasteiger partial charge in [-0.05, 0) is 49.8 Å². The Morgan fingerprint density at radius 2 is 1.94 bits per heavy atom. The number of rotatable bonds is 5. The van der Waals surface area contributed by atoms with Crippen LogP contribution in [0, 0.1) is 24.0 Å². The van der Waals surface area contributed by atoms with Crippen LogP contribution in [-0.4, -0.2) is 45.2 Å². The SMILES string of the molecule is C#C[C@H]1CC[C@H](c2ccccc2)S(=O)(=O)N1Cc1cc(F)c([C@@]2(c3nnc[nH]3)CC[C@H](O)C2)cc1F. The van der Waals surface area contributed by atoms with Crippen LogP contribution in [0.15, 0.2) is 48.8 Å². The lowest BCUT2D eigenvalue weighted by Gasteiger charge is -2.37. The van der Waals surface area contributed by atoms with Crippen molar-refractivity contribution < 1.29 is 22.3 Å². The topological polar surface area (TPSA) is 99.2 Å². The number of terminal acetylenes is 1. The molecule has 188 valence electrons. The second-order valence-corrected chi connectivity index (χ2v) is 11.6. The Balaban J connectivity index is 1.51. The first-order valence-corrected chi connectivity index (χ1v) is 13.3. The molecule has 0 bridgehead atoms. The van der Waals surface area contributed by atoms with Gasteiger partial charge in [0.25, 0.3) is 0 Å². The highest BCUT2D eigenvalue weighted by molar-refractivity contribution is 7.89. The molecule has 1 aliphatic heterocycles. The summed E-state index contributed by atoms with van der Waals surface area (Å²) < 4.78 is 59.3. The lowest BCUT2D eigenvalue weighted by Crippen LogP contribution is -2.45. The Hall–Kier alpha value is -3.13. The third-order valence-corrected chi connectivity index (χ3v) is 9.70. The number of H-pyrrole nitrogens is 1. The maximum atomic E-state index is 15.6. The van der Waals surface area contributed by atoms with Crippen LogP contribution in [0.2, 0.25) is 0 Å². The van der Waals surface area contributed by atoms with Crippen LogP contribution in [-0.2, 0) is 22.0 Å². The van der Waals surface area contributed by atoms with Crippen molar-refractivity contribution in [3.05, 3.63) is 82.9 Å². The quantitative estimate of drug-likeness (QED) is 0.509. The molecule has 1 aromatic heterocycles. The van der Waals surface area contributed by atoms with Crippen molar-refractivity contribution in [2.24, 2.45) is 0 Å². The van der Waals surface area contributed by atoms with E-state index in [4.69, 9.17) is 6.42 Å². The summed E-state index contributed by atoms with van der Waals surface area (Å²) in [6, 6.07) is 10.2. The molecular formula is C26H26F2N4O3S. The van der Waals surface area contributed by atoms with Gasteiger partial charge in [-0.3, -0.25) is 0 Å². The number of nitrogens with zero attached hydrogens (tertiary/aromatic N) is 3. The smallest absolute Gasteiger partial charge is 0.222 e. The normalized spacial score (nSPS) is 28.1. The van der Waals surface area contributed by atoms with E-state index < -0.39 is 44.5 Å². The molecule has 4 atom stereocenters. The van der Waals surface area contributed by atoms with Gasteiger partial charge in [0.05, 0.1) is 17.6 Å². The van der Waals surface area contributed by atoms with Gasteiger partial charge in [-0.2, -0.15) is 4.31 Å². The molecule has 1 aliphatic carbocycles. The first-order chi connectivity index (χ1) is 17.3. The third-order valence-electron chi connectivity index (χ3n) is 7.44. The minimum Gasteiger partial charge on any atom is -0.393 e. The number of aliphatic hydroxyl groups is 1. The average molecular weight is 513 g/mol. The van der Waals surface area contributed by atoms with Gasteiger partial charge in [-0.25, -0.2) is 17.2 Å². The highest BCUT2D eigenvalue weighted by atomic mass is 32.2. The molecule has 2 aromatic carbocycles. The second kappa shape index (κ2) is 9.39. The van der Waals surface area contributed by atoms with Gasteiger partial charge in [0.1, 0.15) is 29.0 Å². The first-order valence-electron chi connectivity index (χ1n) is 11.8. The summed E-state index contributed by atoms with van der Waals surface area (Å²) in [5, 5.41) is 17.2. The lowest BCUT2D eigenvalue weighted by molar-refractivity contribution is 0.175. The summed E-state index contributed by atoms with van der Waals surface area (Å²) in [5.41, 5.74) is -0.487. The summed E-state index contributed by atoms with van der Waals surface area (Å²) in [6.45, 7) is -0.387. The van der Waals surface area contributed by atoms with Crippen LogP contribution in [0.4, 0.5) is 8.78 Å². The molecule has 0 spiro atoms. The molecule has 5 rings (SSSR count). The van der Waals surface area contributed by atoms with Crippen LogP contribution in [0.1, 0.15) is 59.9 Å². The van der Waals surface area contributed by atoms with Gasteiger partial charge in [-0.1, -0.05) is 36.3 Å². The highest BCUT2D eigenvalue weighted by Gasteiger charge is 2.47. The molecule has 7 nitrogen and oxygen atoms in total. The van der Waals surface area contributed by atoms with E-state index in [0.29, 0.717) is 37.1 Å². The molecule has 1 saturated carbocycles. The largest absolute Gasteiger partial charge is 0.393 e. The number of nitrogens with one attached hydrogen (secondary N) is 1. The van der Waals surface area contributed by atoms with Crippen LogP contribution in [0.5, 0.6) is 0 Å². The summed E-state index contributed by atoms with van der Waals surface area (Å²) >= 11 is 0. The standard InChI is InChI=1S/C26H26F2N4O3S/c1-2-19-8-9-24(17-6-4-3-5-7-17)36(34,35)32(19)15-18-12-23(28)21(13-22(18)27)26(11-10-20(33)14-26)25-29-16-30-31-25/h1,3-7,12-13,16,19-20,24,33H,8-11,14-15H2,(H,29,30,31)/t19-,20-,24+,26+/m0/s1. The van der Waals surface area contributed by atoms with E-state index in [1.54, 1.807) is 30.3 Å². The summed E-state index contributed by atoms with van der Waals surface area (Å²) in [7, 11) is -3.94. The monoisotopic (exact) mass is 512 g/mol. The molecule has 36 heavy (non-hydrogen) atoms. The van der Waals surface area contributed by atoms with Crippen molar-refractivity contribution in [1.82, 2.24) is 19.5 Å². The summed E-state index contributed by atoms with van der Waals surface area (Å²) in [6.07, 6.45) is 7.99. The summed E-state index contributed by atoms with van der Waals surface area (Å²) in [5.74, 6) is 1.40. The number of aromatic amines is 1. The molecular weight excluding hydrogens is 486 g/mol. The number of aromatic nitrogens is 3. The summed E-state index contributed by atoms with van der Waals surface area (Å²) in [4.78, 5) is 2.88. The number of aliphatic hydroxyl groups excluding tert-OH is 1. The maximum absolute atomic E-state index is 15.6. The van der Waals surface area contributed by atoms with Crippen LogP contribution >= 0.6 is 0 Å². The molecule has 0 unspecified atom stereocenters. The van der Waals surface area contributed by atoms with E-state index in [1.165, 1.54) is 6.33 Å². The number of benzene rings is 2. The predicted octanol–water partition coefficient (Wildman–Crippen LogP) is 3.58. The Morgan fingerprint density at radius 3 is 2.58 bits per heavy atom. The Morgan fingerprint density at radius 1 is 1.17 bits per heavy atom. The number of hydrogen-bond acceptors (Lipinski definition) is 5. The van der Waals surface area contributed by atoms with Gasteiger partial charge >= 0.3 is 0 Å². The van der Waals surface area contributed by atoms with Gasteiger partial charge < -0.3 is 10.1 Å². The number of halogens is 2. The van der Waals surface area contributed by atoms with E-state index >= 15 is 8.78 Å². The molecule has 2 aliphatic rings. The van der Waals surface area contributed by atoms with Crippen LogP contribution < -0.4 is 0 Å². The molecule has 0 radical (unpaired) electrons. The van der Waals surface area contributed by atoms with Crippen molar-refractivity contribution in [1.29, 1.82) is 0 Å². The molecule has 0 amide bonds. The Bertz CT molecular complexity index is 1390. The molecule has 3 aromatic rings. The highest BCUT2D eigenvalue weighted by Crippen LogP contribution is 2.46. The fourth-order valence-corrected chi connectivity index (χ4v) is 7.71. The average Bonchev–Trinajstić information content (AvgIpc) is 3.53. The number of hydrogen-bond donors (Lipinski definition) is 2. The van der Waals surface area contributed by atoms with Crippen molar-refractivity contribution in [3.63, 3.8) is 0 Å². The molecule has 2 N–H and O–H groups in total. The van der Waals surface area contributed by atoms with Crippen molar-refractivity contribution >= 4 is 10.0 Å². The van der Waals surface area contributed by atoms with Gasteiger partial charge in [0.15, 0.2) is 0 Å². The third kappa shape index (κ3) is 4.11. The van der Waals surface area contributed by atoms with E-state index in [-0.39, 0.29) is 24.1 Å². The van der Waals surface area contributed by atoms with E-state index in [2.05, 4.69) is 21.1 Å². The fraction of sp³-hybridized carbons (Fsp3) is 0.385. The van der Waals surface area contributed by atoms with Crippen LogP contribution in [0.3, 0.4) is 0 Å². The van der Waals surface area contributed by atoms with Gasteiger partial charge in [0.2, 0.25) is 10.0 Å². The predicted molar refractivity (Wildman–Crippen MR) is 129 cm³/mol. The second-order valence-electron chi connectivity index (χ2n) is 9.49. The van der Waals surface area contributed by atoms with Crippen LogP contribution in [0.25, 0.3) is 0 Å². The Kier molecular flexibility index (Phi) is 6.41. The molecule has 10 heteroatoms. The zero-order chi connectivity index (χ0) is 25.5. The van der Waals surface area contributed by atoms with E-state index in [0.717, 1.165) is 16.4 Å². The van der Waals surface area contributed by atoms with E-state index in [9.17, 15) is 13.5 Å². The number of sulfonamides is 1. The lowest BCUT2D eigenvalue weighted by atomic mass is 9.77. The minimum absolute atomic E-state index is 0.0502. The van der Waals surface area contributed by atoms with Gasteiger partial charge in [-0.15, -0.1) is 16.6 Å². The van der Waals surface area contributed by atoms with Crippen molar-refractivity contribution in [3.8, 4) is 12.3 Å². The zero-order valence-corrected chi connectivity index (χ0v) is 20.3. The molecule has 2 fully saturated rings. The van der Waals surface area contributed by atoms with Crippen molar-refractivity contribution in [2.75, 3.05) is 0 Å². The minimum atomic E-state index is -3.94. The molecule has 2 heterocycles. The zero-order valence-electron chi connectivity index (χ0n) is 19.4. The fourth-order valence-electron chi connectivity index (χ4n) is 5.61. The maximum Gasteiger partial charge on any atom is 0.222 e. The Labute approximate surface area is 208 Å².